The van der Waals surface area contributed by atoms with E-state index in [1.165, 1.54) is 38.5 Å². The SMILES string of the molecule is O=C(O)CCC1CCC2(CCN(c3cc(OC4CCC4)ccc3Cl)CC2)C1. The summed E-state index contributed by atoms with van der Waals surface area (Å²) >= 11 is 6.51. The Kier molecular flexibility index (Phi) is 5.54. The zero-order valence-corrected chi connectivity index (χ0v) is 16.7. The number of hydrogen-bond acceptors (Lipinski definition) is 3. The first-order chi connectivity index (χ1) is 13.0. The van der Waals surface area contributed by atoms with Crippen LogP contribution in [0.15, 0.2) is 18.2 Å². The fourth-order valence-electron chi connectivity index (χ4n) is 5.07. The van der Waals surface area contributed by atoms with Gasteiger partial charge in [0.1, 0.15) is 5.75 Å². The molecule has 2 saturated carbocycles. The predicted octanol–water partition coefficient (Wildman–Crippen LogP) is 5.52. The lowest BCUT2D eigenvalue weighted by atomic mass is 9.76. The Balaban J connectivity index is 1.35. The third-order valence-corrected chi connectivity index (χ3v) is 7.33. The van der Waals surface area contributed by atoms with Gasteiger partial charge in [0.15, 0.2) is 0 Å². The first-order valence-corrected chi connectivity index (χ1v) is 10.8. The van der Waals surface area contributed by atoms with Gasteiger partial charge in [0, 0.05) is 25.6 Å². The zero-order chi connectivity index (χ0) is 18.9. The molecule has 4 nitrogen and oxygen atoms in total. The Bertz CT molecular complexity index is 680. The number of anilines is 1. The number of benzene rings is 1. The van der Waals surface area contributed by atoms with Gasteiger partial charge in [-0.25, -0.2) is 0 Å². The number of carbonyl (C=O) groups is 1. The molecule has 1 unspecified atom stereocenters. The van der Waals surface area contributed by atoms with Crippen molar-refractivity contribution >= 4 is 23.3 Å². The summed E-state index contributed by atoms with van der Waals surface area (Å²) in [6.45, 7) is 2.05. The summed E-state index contributed by atoms with van der Waals surface area (Å²) in [6, 6.07) is 6.06. The lowest BCUT2D eigenvalue weighted by molar-refractivity contribution is -0.137. The van der Waals surface area contributed by atoms with E-state index in [9.17, 15) is 4.79 Å². The van der Waals surface area contributed by atoms with E-state index in [2.05, 4.69) is 11.0 Å². The Labute approximate surface area is 166 Å². The highest BCUT2D eigenvalue weighted by Crippen LogP contribution is 2.51. The number of ether oxygens (including phenoxy) is 1. The molecule has 1 spiro atoms. The molecule has 1 aromatic rings. The number of aliphatic carboxylic acids is 1. The van der Waals surface area contributed by atoms with Crippen molar-refractivity contribution in [1.29, 1.82) is 0 Å². The molecule has 2 aliphatic carbocycles. The zero-order valence-electron chi connectivity index (χ0n) is 16.0. The lowest BCUT2D eigenvalue weighted by Crippen LogP contribution is -2.39. The molecule has 1 N–H and O–H groups in total. The van der Waals surface area contributed by atoms with Crippen LogP contribution in [0, 0.1) is 11.3 Å². The molecule has 5 heteroatoms. The maximum absolute atomic E-state index is 10.8. The van der Waals surface area contributed by atoms with Crippen LogP contribution in [0.1, 0.15) is 64.2 Å². The summed E-state index contributed by atoms with van der Waals surface area (Å²) < 4.78 is 6.06. The van der Waals surface area contributed by atoms with E-state index in [4.69, 9.17) is 21.4 Å². The van der Waals surface area contributed by atoms with E-state index in [0.717, 1.165) is 48.8 Å². The average molecular weight is 392 g/mol. The second-order valence-corrected chi connectivity index (χ2v) is 9.22. The van der Waals surface area contributed by atoms with Crippen molar-refractivity contribution in [3.63, 3.8) is 0 Å². The van der Waals surface area contributed by atoms with Gasteiger partial charge in [-0.1, -0.05) is 11.6 Å². The number of rotatable bonds is 6. The first kappa shape index (κ1) is 18.9. The van der Waals surface area contributed by atoms with E-state index in [-0.39, 0.29) is 0 Å². The van der Waals surface area contributed by atoms with Gasteiger partial charge in [0.25, 0.3) is 0 Å². The number of nitrogens with zero attached hydrogens (tertiary/aromatic N) is 1. The molecule has 1 aliphatic heterocycles. The molecule has 0 radical (unpaired) electrons. The molecule has 4 rings (SSSR count). The molecule has 3 fully saturated rings. The molecule has 1 heterocycles. The van der Waals surface area contributed by atoms with Crippen LogP contribution in [0.2, 0.25) is 5.02 Å². The second-order valence-electron chi connectivity index (χ2n) is 8.81. The highest BCUT2D eigenvalue weighted by Gasteiger charge is 2.41. The number of halogens is 1. The van der Waals surface area contributed by atoms with Gasteiger partial charge >= 0.3 is 5.97 Å². The number of hydrogen-bond donors (Lipinski definition) is 1. The summed E-state index contributed by atoms with van der Waals surface area (Å²) in [6.07, 6.45) is 11.1. The maximum atomic E-state index is 10.8. The quantitative estimate of drug-likeness (QED) is 0.693. The van der Waals surface area contributed by atoms with Crippen LogP contribution in [0.25, 0.3) is 0 Å². The monoisotopic (exact) mass is 391 g/mol. The molecule has 148 valence electrons. The normalized spacial score (nSPS) is 24.8. The third-order valence-electron chi connectivity index (χ3n) is 7.01. The summed E-state index contributed by atoms with van der Waals surface area (Å²) in [5.74, 6) is 0.869. The maximum Gasteiger partial charge on any atom is 0.303 e. The van der Waals surface area contributed by atoms with Gasteiger partial charge in [-0.05, 0) is 81.3 Å². The fourth-order valence-corrected chi connectivity index (χ4v) is 5.30. The topological polar surface area (TPSA) is 49.8 Å². The van der Waals surface area contributed by atoms with Crippen LogP contribution in [0.5, 0.6) is 5.75 Å². The third kappa shape index (κ3) is 4.37. The van der Waals surface area contributed by atoms with E-state index in [1.54, 1.807) is 0 Å². The van der Waals surface area contributed by atoms with Crippen LogP contribution in [0.3, 0.4) is 0 Å². The molecule has 27 heavy (non-hydrogen) atoms. The molecule has 1 atom stereocenters. The van der Waals surface area contributed by atoms with Gasteiger partial charge in [0.05, 0.1) is 16.8 Å². The second kappa shape index (κ2) is 7.90. The minimum atomic E-state index is -0.663. The van der Waals surface area contributed by atoms with Crippen LogP contribution in [0.4, 0.5) is 5.69 Å². The number of carboxylic acids is 1. The van der Waals surface area contributed by atoms with E-state index in [1.807, 2.05) is 12.1 Å². The highest BCUT2D eigenvalue weighted by atomic mass is 35.5. The molecular formula is C22H30ClNO3. The van der Waals surface area contributed by atoms with Crippen LogP contribution < -0.4 is 9.64 Å². The molecule has 3 aliphatic rings. The van der Waals surface area contributed by atoms with Crippen molar-refractivity contribution in [2.45, 2.75) is 70.3 Å². The summed E-state index contributed by atoms with van der Waals surface area (Å²) in [5, 5.41) is 9.73. The Hall–Kier alpha value is -1.42. The van der Waals surface area contributed by atoms with Gasteiger partial charge in [0.2, 0.25) is 0 Å². The Morgan fingerprint density at radius 1 is 1.22 bits per heavy atom. The van der Waals surface area contributed by atoms with E-state index >= 15 is 0 Å². The Morgan fingerprint density at radius 2 is 2.00 bits per heavy atom. The van der Waals surface area contributed by atoms with Crippen molar-refractivity contribution < 1.29 is 14.6 Å². The van der Waals surface area contributed by atoms with Crippen molar-refractivity contribution in [3.8, 4) is 5.75 Å². The summed E-state index contributed by atoms with van der Waals surface area (Å²) in [5.41, 5.74) is 1.52. The smallest absolute Gasteiger partial charge is 0.303 e. The minimum Gasteiger partial charge on any atom is -0.490 e. The standard InChI is InChI=1S/C22H30ClNO3/c23-19-6-5-18(27-17-2-1-3-17)14-20(19)24-12-10-22(11-13-24)9-8-16(15-22)4-7-21(25)26/h5-6,14,16-17H,1-4,7-13,15H2,(H,25,26). The summed E-state index contributed by atoms with van der Waals surface area (Å²) in [4.78, 5) is 13.3. The minimum absolute atomic E-state index is 0.316. The lowest BCUT2D eigenvalue weighted by Gasteiger charge is -2.41. The first-order valence-electron chi connectivity index (χ1n) is 10.5. The number of piperidine rings is 1. The van der Waals surface area contributed by atoms with E-state index < -0.39 is 5.97 Å². The van der Waals surface area contributed by atoms with Crippen LogP contribution in [-0.2, 0) is 4.79 Å². The van der Waals surface area contributed by atoms with Crippen molar-refractivity contribution in [2.75, 3.05) is 18.0 Å². The predicted molar refractivity (Wildman–Crippen MR) is 108 cm³/mol. The largest absolute Gasteiger partial charge is 0.490 e. The molecular weight excluding hydrogens is 362 g/mol. The molecule has 0 aromatic heterocycles. The fraction of sp³-hybridized carbons (Fsp3) is 0.682. The molecule has 0 bridgehead atoms. The van der Waals surface area contributed by atoms with Crippen molar-refractivity contribution in [2.24, 2.45) is 11.3 Å². The van der Waals surface area contributed by atoms with E-state index in [0.29, 0.717) is 23.9 Å². The molecule has 0 amide bonds. The highest BCUT2D eigenvalue weighted by molar-refractivity contribution is 6.33. The average Bonchev–Trinajstić information content (AvgIpc) is 3.01. The van der Waals surface area contributed by atoms with Crippen molar-refractivity contribution in [1.82, 2.24) is 0 Å². The van der Waals surface area contributed by atoms with Crippen LogP contribution >= 0.6 is 11.6 Å². The van der Waals surface area contributed by atoms with Gasteiger partial charge < -0.3 is 14.7 Å². The number of carboxylic acid groups (broad SMARTS) is 1. The van der Waals surface area contributed by atoms with Crippen LogP contribution in [-0.4, -0.2) is 30.3 Å². The summed E-state index contributed by atoms with van der Waals surface area (Å²) in [7, 11) is 0. The van der Waals surface area contributed by atoms with Gasteiger partial charge in [-0.15, -0.1) is 0 Å². The van der Waals surface area contributed by atoms with Gasteiger partial charge in [-0.2, -0.15) is 0 Å². The molecule has 1 aromatic carbocycles. The molecule has 1 saturated heterocycles. The Morgan fingerprint density at radius 3 is 2.67 bits per heavy atom. The van der Waals surface area contributed by atoms with Crippen molar-refractivity contribution in [3.05, 3.63) is 23.2 Å². The van der Waals surface area contributed by atoms with Gasteiger partial charge in [-0.3, -0.25) is 4.79 Å².